The van der Waals surface area contributed by atoms with Crippen LogP contribution in [0.4, 0.5) is 0 Å². The summed E-state index contributed by atoms with van der Waals surface area (Å²) >= 11 is 0. The van der Waals surface area contributed by atoms with Crippen molar-refractivity contribution < 1.29 is 24.5 Å². The highest BCUT2D eigenvalue weighted by molar-refractivity contribution is 5.98. The van der Waals surface area contributed by atoms with Crippen LogP contribution in [0, 0.1) is 0 Å². The van der Waals surface area contributed by atoms with Crippen LogP contribution in [0.15, 0.2) is 18.2 Å². The average molecular weight is 307 g/mol. The van der Waals surface area contributed by atoms with Crippen LogP contribution < -0.4 is 4.74 Å². The molecule has 0 bridgehead atoms. The molecule has 1 unspecified atom stereocenters. The topological polar surface area (TPSA) is 87.1 Å². The fourth-order valence-electron chi connectivity index (χ4n) is 2.61. The molecule has 2 rings (SSSR count). The van der Waals surface area contributed by atoms with E-state index in [0.29, 0.717) is 43.7 Å². The summed E-state index contributed by atoms with van der Waals surface area (Å²) in [7, 11) is 1.43. The molecular formula is C16H21NO5. The van der Waals surface area contributed by atoms with Crippen LogP contribution in [0.5, 0.6) is 5.75 Å². The molecule has 22 heavy (non-hydrogen) atoms. The van der Waals surface area contributed by atoms with Gasteiger partial charge in [-0.15, -0.1) is 0 Å². The van der Waals surface area contributed by atoms with Gasteiger partial charge in [0, 0.05) is 18.7 Å². The SMILES string of the molecule is COc1cc(C(=O)O)cc(C(=O)N2CCCC(C)(O)CC2)c1. The van der Waals surface area contributed by atoms with Crippen LogP contribution >= 0.6 is 0 Å². The zero-order valence-corrected chi connectivity index (χ0v) is 12.8. The molecule has 0 saturated carbocycles. The average Bonchev–Trinajstić information content (AvgIpc) is 2.66. The van der Waals surface area contributed by atoms with Crippen molar-refractivity contribution in [2.45, 2.75) is 31.8 Å². The molecule has 1 atom stereocenters. The van der Waals surface area contributed by atoms with Crippen molar-refractivity contribution in [3.8, 4) is 5.75 Å². The van der Waals surface area contributed by atoms with Crippen LogP contribution in [0.3, 0.4) is 0 Å². The first-order valence-corrected chi connectivity index (χ1v) is 7.26. The minimum atomic E-state index is -1.10. The molecule has 0 aliphatic carbocycles. The fourth-order valence-corrected chi connectivity index (χ4v) is 2.61. The van der Waals surface area contributed by atoms with Gasteiger partial charge in [-0.2, -0.15) is 0 Å². The van der Waals surface area contributed by atoms with Gasteiger partial charge < -0.3 is 19.8 Å². The third-order valence-corrected chi connectivity index (χ3v) is 3.99. The van der Waals surface area contributed by atoms with Crippen LogP contribution in [-0.2, 0) is 0 Å². The number of aliphatic hydroxyl groups is 1. The van der Waals surface area contributed by atoms with Crippen LogP contribution in [0.1, 0.15) is 46.9 Å². The minimum absolute atomic E-state index is 0.0181. The molecule has 1 aliphatic rings. The second-order valence-electron chi connectivity index (χ2n) is 5.90. The van der Waals surface area contributed by atoms with E-state index in [0.717, 1.165) is 0 Å². The number of hydrogen-bond donors (Lipinski definition) is 2. The van der Waals surface area contributed by atoms with Crippen LogP contribution in [0.25, 0.3) is 0 Å². The lowest BCUT2D eigenvalue weighted by atomic mass is 9.98. The molecule has 6 heteroatoms. The number of nitrogens with zero attached hydrogens (tertiary/aromatic N) is 1. The maximum atomic E-state index is 12.6. The fraction of sp³-hybridized carbons (Fsp3) is 0.500. The molecule has 0 spiro atoms. The third-order valence-electron chi connectivity index (χ3n) is 3.99. The summed E-state index contributed by atoms with van der Waals surface area (Å²) in [6, 6.07) is 4.28. The van der Waals surface area contributed by atoms with Crippen molar-refractivity contribution in [1.29, 1.82) is 0 Å². The van der Waals surface area contributed by atoms with Gasteiger partial charge in [-0.25, -0.2) is 4.79 Å². The molecule has 6 nitrogen and oxygen atoms in total. The Hall–Kier alpha value is -2.08. The number of carbonyl (C=O) groups is 2. The van der Waals surface area contributed by atoms with E-state index in [9.17, 15) is 14.7 Å². The second-order valence-corrected chi connectivity index (χ2v) is 5.90. The number of hydrogen-bond acceptors (Lipinski definition) is 4. The molecule has 0 radical (unpaired) electrons. The van der Waals surface area contributed by atoms with E-state index in [-0.39, 0.29) is 11.5 Å². The molecule has 1 amide bonds. The number of amides is 1. The van der Waals surface area contributed by atoms with Crippen molar-refractivity contribution in [3.05, 3.63) is 29.3 Å². The van der Waals surface area contributed by atoms with E-state index in [2.05, 4.69) is 0 Å². The molecule has 1 aromatic rings. The number of carboxylic acid groups (broad SMARTS) is 1. The van der Waals surface area contributed by atoms with E-state index in [1.54, 1.807) is 11.8 Å². The Morgan fingerprint density at radius 3 is 2.50 bits per heavy atom. The Kier molecular flexibility index (Phi) is 4.71. The molecule has 2 N–H and O–H groups in total. The highest BCUT2D eigenvalue weighted by atomic mass is 16.5. The molecule has 1 heterocycles. The lowest BCUT2D eigenvalue weighted by molar-refractivity contribution is 0.0437. The number of rotatable bonds is 3. The van der Waals surface area contributed by atoms with Gasteiger partial charge in [0.1, 0.15) is 5.75 Å². The Morgan fingerprint density at radius 1 is 1.18 bits per heavy atom. The van der Waals surface area contributed by atoms with Gasteiger partial charge in [-0.3, -0.25) is 4.79 Å². The lowest BCUT2D eigenvalue weighted by Crippen LogP contribution is -2.33. The summed E-state index contributed by atoms with van der Waals surface area (Å²) < 4.78 is 5.07. The minimum Gasteiger partial charge on any atom is -0.497 e. The maximum Gasteiger partial charge on any atom is 0.335 e. The molecule has 1 fully saturated rings. The largest absolute Gasteiger partial charge is 0.497 e. The third kappa shape index (κ3) is 3.76. The van der Waals surface area contributed by atoms with Crippen LogP contribution in [-0.4, -0.2) is 52.8 Å². The quantitative estimate of drug-likeness (QED) is 0.888. The number of benzene rings is 1. The van der Waals surface area contributed by atoms with Crippen molar-refractivity contribution in [1.82, 2.24) is 4.90 Å². The number of carboxylic acids is 1. The number of carbonyl (C=O) groups excluding carboxylic acids is 1. The Bertz CT molecular complexity index is 582. The number of methoxy groups -OCH3 is 1. The predicted molar refractivity (Wildman–Crippen MR) is 80.3 cm³/mol. The lowest BCUT2D eigenvalue weighted by Gasteiger charge is -2.23. The number of likely N-dealkylation sites (tertiary alicyclic amines) is 1. The first-order chi connectivity index (χ1) is 10.3. The summed E-state index contributed by atoms with van der Waals surface area (Å²) in [6.07, 6.45) is 1.87. The highest BCUT2D eigenvalue weighted by Crippen LogP contribution is 2.24. The number of ether oxygens (including phenoxy) is 1. The van der Waals surface area contributed by atoms with Gasteiger partial charge in [0.2, 0.25) is 0 Å². The van der Waals surface area contributed by atoms with E-state index >= 15 is 0 Å². The molecule has 120 valence electrons. The Labute approximate surface area is 129 Å². The van der Waals surface area contributed by atoms with Crippen molar-refractivity contribution in [2.75, 3.05) is 20.2 Å². The summed E-state index contributed by atoms with van der Waals surface area (Å²) in [5.74, 6) is -1.00. The summed E-state index contributed by atoms with van der Waals surface area (Å²) in [5.41, 5.74) is -0.446. The Morgan fingerprint density at radius 2 is 1.86 bits per heavy atom. The van der Waals surface area contributed by atoms with E-state index in [1.807, 2.05) is 0 Å². The predicted octanol–water partition coefficient (Wildman–Crippen LogP) is 1.77. The summed E-state index contributed by atoms with van der Waals surface area (Å²) in [5, 5.41) is 19.2. The highest BCUT2D eigenvalue weighted by Gasteiger charge is 2.28. The normalized spacial score (nSPS) is 22.0. The Balaban J connectivity index is 2.25. The van der Waals surface area contributed by atoms with E-state index in [4.69, 9.17) is 9.84 Å². The van der Waals surface area contributed by atoms with Gasteiger partial charge in [0.15, 0.2) is 0 Å². The number of aromatic carboxylic acids is 1. The van der Waals surface area contributed by atoms with Crippen molar-refractivity contribution in [2.24, 2.45) is 0 Å². The van der Waals surface area contributed by atoms with Crippen LogP contribution in [0.2, 0.25) is 0 Å². The zero-order chi connectivity index (χ0) is 16.3. The van der Waals surface area contributed by atoms with E-state index < -0.39 is 11.6 Å². The van der Waals surface area contributed by atoms with Gasteiger partial charge in [-0.05, 0) is 44.4 Å². The second kappa shape index (κ2) is 6.36. The molecule has 1 saturated heterocycles. The molecular weight excluding hydrogens is 286 g/mol. The monoisotopic (exact) mass is 307 g/mol. The molecule has 0 aromatic heterocycles. The van der Waals surface area contributed by atoms with Crippen molar-refractivity contribution >= 4 is 11.9 Å². The standard InChI is InChI=1S/C16H21NO5/c1-16(21)4-3-6-17(7-5-16)14(18)11-8-12(15(19)20)10-13(9-11)22-2/h8-10,21H,3-7H2,1-2H3,(H,19,20). The van der Waals surface area contributed by atoms with Gasteiger partial charge in [-0.1, -0.05) is 0 Å². The molecule has 1 aliphatic heterocycles. The summed E-state index contributed by atoms with van der Waals surface area (Å²) in [4.78, 5) is 25.4. The van der Waals surface area contributed by atoms with Gasteiger partial charge >= 0.3 is 5.97 Å². The van der Waals surface area contributed by atoms with Gasteiger partial charge in [0.25, 0.3) is 5.91 Å². The smallest absolute Gasteiger partial charge is 0.335 e. The zero-order valence-electron chi connectivity index (χ0n) is 12.8. The summed E-state index contributed by atoms with van der Waals surface area (Å²) in [6.45, 7) is 2.77. The molecule has 1 aromatic carbocycles. The van der Waals surface area contributed by atoms with E-state index in [1.165, 1.54) is 25.3 Å². The maximum absolute atomic E-state index is 12.6. The van der Waals surface area contributed by atoms with Gasteiger partial charge in [0.05, 0.1) is 18.3 Å². The van der Waals surface area contributed by atoms with Crippen molar-refractivity contribution in [3.63, 3.8) is 0 Å². The first kappa shape index (κ1) is 16.3. The first-order valence-electron chi connectivity index (χ1n) is 7.26.